The smallest absolute Gasteiger partial charge is 0.358 e. The summed E-state index contributed by atoms with van der Waals surface area (Å²) in [6, 6.07) is 1.61. The van der Waals surface area contributed by atoms with Crippen molar-refractivity contribution in [2.24, 2.45) is 0 Å². The molecule has 0 unspecified atom stereocenters. The molecule has 0 aliphatic heterocycles. The average molecular weight is 184 g/mol. The van der Waals surface area contributed by atoms with Gasteiger partial charge in [0.05, 0.1) is 17.8 Å². The molecule has 0 aromatic carbocycles. The van der Waals surface area contributed by atoms with E-state index in [9.17, 15) is 14.5 Å². The molecular formula is C6H5FN4O2. The highest BCUT2D eigenvalue weighted by Crippen LogP contribution is 2.13. The van der Waals surface area contributed by atoms with Crippen molar-refractivity contribution in [2.75, 3.05) is 6.67 Å². The summed E-state index contributed by atoms with van der Waals surface area (Å²) in [6.45, 7) is -0.758. The van der Waals surface area contributed by atoms with Crippen LogP contribution in [-0.4, -0.2) is 21.4 Å². The monoisotopic (exact) mass is 184 g/mol. The van der Waals surface area contributed by atoms with E-state index in [-0.39, 0.29) is 12.1 Å². The zero-order valence-electron chi connectivity index (χ0n) is 6.47. The first kappa shape index (κ1) is 9.12. The Morgan fingerprint density at radius 3 is 2.92 bits per heavy atom. The maximum absolute atomic E-state index is 11.8. The number of nitrogens with zero attached hydrogens (tertiary/aromatic N) is 4. The lowest BCUT2D eigenvalue weighted by Crippen LogP contribution is -2.00. The van der Waals surface area contributed by atoms with Crippen molar-refractivity contribution in [3.8, 4) is 6.07 Å². The molecule has 0 bridgehead atoms. The largest absolute Gasteiger partial charge is 0.407 e. The number of halogens is 1. The van der Waals surface area contributed by atoms with Crippen molar-refractivity contribution in [3.63, 3.8) is 0 Å². The van der Waals surface area contributed by atoms with E-state index in [0.717, 1.165) is 10.9 Å². The van der Waals surface area contributed by atoms with E-state index in [1.807, 2.05) is 0 Å². The summed E-state index contributed by atoms with van der Waals surface area (Å²) < 4.78 is 12.8. The van der Waals surface area contributed by atoms with Gasteiger partial charge in [0.2, 0.25) is 0 Å². The van der Waals surface area contributed by atoms with Crippen molar-refractivity contribution >= 4 is 5.82 Å². The Morgan fingerprint density at radius 2 is 2.54 bits per heavy atom. The maximum Gasteiger partial charge on any atom is 0.407 e. The van der Waals surface area contributed by atoms with Crippen molar-refractivity contribution < 1.29 is 9.31 Å². The topological polar surface area (TPSA) is 84.8 Å². The minimum Gasteiger partial charge on any atom is -0.358 e. The number of rotatable bonds is 3. The van der Waals surface area contributed by atoms with Crippen LogP contribution in [0.15, 0.2) is 6.20 Å². The summed E-state index contributed by atoms with van der Waals surface area (Å²) in [4.78, 5) is 9.51. The molecule has 1 aromatic rings. The van der Waals surface area contributed by atoms with E-state index in [2.05, 4.69) is 5.10 Å². The number of aromatic nitrogens is 2. The molecule has 0 spiro atoms. The minimum absolute atomic E-state index is 0.0808. The molecule has 0 fully saturated rings. The van der Waals surface area contributed by atoms with Crippen LogP contribution in [0.1, 0.15) is 5.56 Å². The summed E-state index contributed by atoms with van der Waals surface area (Å²) in [5.74, 6) is -0.532. The van der Waals surface area contributed by atoms with E-state index in [4.69, 9.17) is 5.26 Å². The number of hydrogen-bond donors (Lipinski definition) is 0. The zero-order valence-corrected chi connectivity index (χ0v) is 6.47. The van der Waals surface area contributed by atoms with Crippen LogP contribution in [0.25, 0.3) is 0 Å². The fraction of sp³-hybridized carbons (Fsp3) is 0.333. The Hall–Kier alpha value is -1.97. The van der Waals surface area contributed by atoms with E-state index < -0.39 is 17.4 Å². The van der Waals surface area contributed by atoms with Gasteiger partial charge in [-0.1, -0.05) is 0 Å². The predicted octanol–water partition coefficient (Wildman–Crippen LogP) is 0.632. The Balaban J connectivity index is 3.06. The third kappa shape index (κ3) is 1.79. The molecule has 68 valence electrons. The lowest BCUT2D eigenvalue weighted by molar-refractivity contribution is -0.390. The number of hydrogen-bond acceptors (Lipinski definition) is 4. The van der Waals surface area contributed by atoms with Gasteiger partial charge in [0, 0.05) is 0 Å². The lowest BCUT2D eigenvalue weighted by Gasteiger charge is -1.86. The van der Waals surface area contributed by atoms with Crippen LogP contribution in [-0.2, 0) is 6.54 Å². The van der Waals surface area contributed by atoms with Crippen LogP contribution in [0.4, 0.5) is 10.2 Å². The molecule has 1 rings (SSSR count). The van der Waals surface area contributed by atoms with Gasteiger partial charge >= 0.3 is 5.82 Å². The fourth-order valence-electron chi connectivity index (χ4n) is 0.826. The highest BCUT2D eigenvalue weighted by atomic mass is 19.1. The van der Waals surface area contributed by atoms with Gasteiger partial charge in [-0.3, -0.25) is 0 Å². The van der Waals surface area contributed by atoms with E-state index >= 15 is 0 Å². The van der Waals surface area contributed by atoms with Crippen LogP contribution in [0.2, 0.25) is 0 Å². The summed E-state index contributed by atoms with van der Waals surface area (Å²) in [5.41, 5.74) is -0.154. The van der Waals surface area contributed by atoms with Gasteiger partial charge in [-0.2, -0.15) is 9.94 Å². The first-order valence-electron chi connectivity index (χ1n) is 3.37. The average Bonchev–Trinajstić information content (AvgIpc) is 2.48. The first-order valence-corrected chi connectivity index (χ1v) is 3.37. The van der Waals surface area contributed by atoms with Gasteiger partial charge in [-0.25, -0.2) is 4.39 Å². The van der Waals surface area contributed by atoms with Gasteiger partial charge in [-0.15, -0.1) is 0 Å². The molecule has 1 aromatic heterocycles. The fourth-order valence-corrected chi connectivity index (χ4v) is 0.826. The Bertz CT molecular complexity index is 367. The predicted molar refractivity (Wildman–Crippen MR) is 39.6 cm³/mol. The molecule has 0 radical (unpaired) electrons. The third-order valence-electron chi connectivity index (χ3n) is 1.35. The minimum atomic E-state index is -0.771. The molecule has 1 heterocycles. The second-order valence-electron chi connectivity index (χ2n) is 2.19. The second-order valence-corrected chi connectivity index (χ2v) is 2.19. The van der Waals surface area contributed by atoms with Crippen LogP contribution in [0.5, 0.6) is 0 Å². The van der Waals surface area contributed by atoms with Crippen molar-refractivity contribution in [2.45, 2.75) is 6.54 Å². The molecule has 0 saturated carbocycles. The van der Waals surface area contributed by atoms with E-state index in [1.54, 1.807) is 6.07 Å². The molecule has 0 aliphatic rings. The molecule has 13 heavy (non-hydrogen) atoms. The molecule has 0 N–H and O–H groups in total. The van der Waals surface area contributed by atoms with Gasteiger partial charge in [0.15, 0.2) is 5.56 Å². The summed E-state index contributed by atoms with van der Waals surface area (Å²) in [7, 11) is 0. The number of nitriles is 1. The molecule has 6 nitrogen and oxygen atoms in total. The highest BCUT2D eigenvalue weighted by molar-refractivity contribution is 5.40. The molecular weight excluding hydrogens is 179 g/mol. The van der Waals surface area contributed by atoms with Gasteiger partial charge < -0.3 is 10.1 Å². The van der Waals surface area contributed by atoms with Crippen molar-refractivity contribution in [3.05, 3.63) is 21.9 Å². The van der Waals surface area contributed by atoms with Crippen LogP contribution >= 0.6 is 0 Å². The second kappa shape index (κ2) is 3.62. The van der Waals surface area contributed by atoms with E-state index in [0.29, 0.717) is 0 Å². The third-order valence-corrected chi connectivity index (χ3v) is 1.35. The Kier molecular flexibility index (Phi) is 2.54. The molecule has 0 saturated heterocycles. The van der Waals surface area contributed by atoms with Gasteiger partial charge in [-0.05, 0) is 4.92 Å². The Morgan fingerprint density at radius 1 is 1.85 bits per heavy atom. The summed E-state index contributed by atoms with van der Waals surface area (Å²) >= 11 is 0. The van der Waals surface area contributed by atoms with Gasteiger partial charge in [0.1, 0.15) is 12.7 Å². The first-order chi connectivity index (χ1) is 6.19. The van der Waals surface area contributed by atoms with Crippen molar-refractivity contribution in [1.82, 2.24) is 9.78 Å². The lowest BCUT2D eigenvalue weighted by atomic mass is 10.4. The molecule has 0 amide bonds. The van der Waals surface area contributed by atoms with Gasteiger partial charge in [0.25, 0.3) is 0 Å². The summed E-state index contributed by atoms with van der Waals surface area (Å²) in [5, 5.41) is 22.2. The highest BCUT2D eigenvalue weighted by Gasteiger charge is 2.19. The van der Waals surface area contributed by atoms with E-state index in [1.165, 1.54) is 0 Å². The number of aryl methyl sites for hydroxylation is 1. The maximum atomic E-state index is 11.8. The molecule has 7 heteroatoms. The number of alkyl halides is 1. The van der Waals surface area contributed by atoms with Crippen LogP contribution in [0, 0.1) is 21.4 Å². The quantitative estimate of drug-likeness (QED) is 0.509. The molecule has 0 aliphatic carbocycles. The van der Waals surface area contributed by atoms with Crippen molar-refractivity contribution in [1.29, 1.82) is 5.26 Å². The Labute approximate surface area is 72.3 Å². The van der Waals surface area contributed by atoms with Crippen LogP contribution in [0.3, 0.4) is 0 Å². The summed E-state index contributed by atoms with van der Waals surface area (Å²) in [6.07, 6.45) is 1.15. The number of nitro groups is 1. The van der Waals surface area contributed by atoms with Crippen LogP contribution < -0.4 is 0 Å². The normalized spacial score (nSPS) is 9.54. The SMILES string of the molecule is N#Cc1cn(CCF)nc1[N+](=O)[O-]. The molecule has 0 atom stereocenters. The standard InChI is InChI=1S/C6H5FN4O2/c7-1-2-10-4-5(3-8)6(9-10)11(12)13/h4H,1-2H2. The zero-order chi connectivity index (χ0) is 9.84.